The summed E-state index contributed by atoms with van der Waals surface area (Å²) in [5, 5.41) is 4.50. The smallest absolute Gasteiger partial charge is 0.256 e. The number of benzene rings is 3. The number of aryl methyl sites for hydroxylation is 2. The number of pyridine rings is 1. The van der Waals surface area contributed by atoms with Gasteiger partial charge in [0.1, 0.15) is 0 Å². The Morgan fingerprint density at radius 3 is 2.14 bits per heavy atom. The number of anilines is 1. The molecule has 0 bridgehead atoms. The monoisotopic (exact) mass is 473 g/mol. The van der Waals surface area contributed by atoms with Gasteiger partial charge >= 0.3 is 0 Å². The fourth-order valence-electron chi connectivity index (χ4n) is 5.24. The van der Waals surface area contributed by atoms with Gasteiger partial charge in [0.15, 0.2) is 5.43 Å². The molecule has 5 nitrogen and oxygen atoms in total. The van der Waals surface area contributed by atoms with Crippen LogP contribution in [0.2, 0.25) is 0 Å². The molecular formula is C31H27N3O2. The lowest BCUT2D eigenvalue weighted by Crippen LogP contribution is -2.11. The Labute approximate surface area is 209 Å². The summed E-state index contributed by atoms with van der Waals surface area (Å²) in [7, 11) is 0. The number of rotatable bonds is 7. The molecule has 0 spiro atoms. The predicted molar refractivity (Wildman–Crippen MR) is 147 cm³/mol. The molecule has 0 fully saturated rings. The highest BCUT2D eigenvalue weighted by molar-refractivity contribution is 6.34. The number of carbonyl (C=O) groups is 1. The van der Waals surface area contributed by atoms with E-state index in [-0.39, 0.29) is 11.3 Å². The Balaban J connectivity index is 1.15. The van der Waals surface area contributed by atoms with E-state index in [1.165, 1.54) is 0 Å². The van der Waals surface area contributed by atoms with Crippen molar-refractivity contribution in [1.82, 2.24) is 9.13 Å². The van der Waals surface area contributed by atoms with E-state index in [0.29, 0.717) is 5.57 Å². The van der Waals surface area contributed by atoms with Crippen LogP contribution in [0.15, 0.2) is 95.9 Å². The summed E-state index contributed by atoms with van der Waals surface area (Å²) in [5.74, 6) is -0.0514. The summed E-state index contributed by atoms with van der Waals surface area (Å²) in [6.45, 7) is 1.75. The molecule has 0 unspecified atom stereocenters. The van der Waals surface area contributed by atoms with E-state index in [1.807, 2.05) is 84.9 Å². The summed E-state index contributed by atoms with van der Waals surface area (Å²) in [6.07, 6.45) is 7.17. The molecule has 1 aliphatic heterocycles. The number of hydrogen-bond acceptors (Lipinski definition) is 2. The average molecular weight is 474 g/mol. The normalized spacial score (nSPS) is 14.0. The predicted octanol–water partition coefficient (Wildman–Crippen LogP) is 6.32. The molecule has 3 aromatic carbocycles. The lowest BCUT2D eigenvalue weighted by molar-refractivity contribution is -0.110. The first-order valence-electron chi connectivity index (χ1n) is 12.5. The second kappa shape index (κ2) is 9.34. The van der Waals surface area contributed by atoms with Gasteiger partial charge in [-0.2, -0.15) is 0 Å². The van der Waals surface area contributed by atoms with Crippen molar-refractivity contribution in [2.24, 2.45) is 0 Å². The number of nitrogens with zero attached hydrogens (tertiary/aromatic N) is 2. The molecule has 2 aromatic heterocycles. The molecule has 1 aliphatic rings. The molecule has 6 rings (SSSR count). The van der Waals surface area contributed by atoms with Crippen LogP contribution in [0.4, 0.5) is 5.69 Å². The standard InChI is InChI=1S/C31H27N3O2/c35-30-24-13-3-6-16-28(24)34(29-17-7-4-14-25(29)30)20-9-1-8-18-33-19-10-11-22(33)21-26-23-12-2-5-15-27(23)32-31(26)36/h2-7,10-17,19,21H,1,8-9,18,20H2,(H,32,36)/b26-21-. The zero-order valence-electron chi connectivity index (χ0n) is 20.0. The van der Waals surface area contributed by atoms with Crippen LogP contribution in [-0.2, 0) is 17.9 Å². The molecule has 5 heteroatoms. The van der Waals surface area contributed by atoms with Gasteiger partial charge in [0.25, 0.3) is 5.91 Å². The Hall–Kier alpha value is -4.38. The number of unbranched alkanes of at least 4 members (excludes halogenated alkanes) is 2. The number of carbonyl (C=O) groups excluding carboxylic acids is 1. The molecule has 1 N–H and O–H groups in total. The van der Waals surface area contributed by atoms with Crippen molar-refractivity contribution in [2.75, 3.05) is 5.32 Å². The van der Waals surface area contributed by atoms with Crippen LogP contribution in [0.3, 0.4) is 0 Å². The quantitative estimate of drug-likeness (QED) is 0.171. The minimum Gasteiger partial charge on any atom is -0.348 e. The van der Waals surface area contributed by atoms with Crippen LogP contribution < -0.4 is 10.7 Å². The van der Waals surface area contributed by atoms with Crippen LogP contribution in [0.1, 0.15) is 30.5 Å². The highest BCUT2D eigenvalue weighted by Crippen LogP contribution is 2.32. The lowest BCUT2D eigenvalue weighted by Gasteiger charge is -2.15. The first kappa shape index (κ1) is 22.1. The van der Waals surface area contributed by atoms with Crippen LogP contribution in [-0.4, -0.2) is 15.0 Å². The number of amides is 1. The van der Waals surface area contributed by atoms with Gasteiger partial charge < -0.3 is 14.5 Å². The van der Waals surface area contributed by atoms with Gasteiger partial charge in [-0.15, -0.1) is 0 Å². The molecule has 0 atom stereocenters. The van der Waals surface area contributed by atoms with Crippen molar-refractivity contribution in [3.63, 3.8) is 0 Å². The molecule has 36 heavy (non-hydrogen) atoms. The molecule has 0 saturated carbocycles. The lowest BCUT2D eigenvalue weighted by atomic mass is 10.1. The maximum absolute atomic E-state index is 12.9. The van der Waals surface area contributed by atoms with Gasteiger partial charge in [-0.1, -0.05) is 42.5 Å². The first-order valence-corrected chi connectivity index (χ1v) is 12.5. The van der Waals surface area contributed by atoms with Crippen molar-refractivity contribution < 1.29 is 4.79 Å². The molecule has 5 aromatic rings. The number of para-hydroxylation sites is 3. The van der Waals surface area contributed by atoms with E-state index in [1.54, 1.807) is 0 Å². The fraction of sp³-hybridized carbons (Fsp3) is 0.161. The molecule has 0 radical (unpaired) electrons. The van der Waals surface area contributed by atoms with Gasteiger partial charge in [-0.25, -0.2) is 0 Å². The third-order valence-electron chi connectivity index (χ3n) is 7.03. The molecular weight excluding hydrogens is 446 g/mol. The number of nitrogens with one attached hydrogen (secondary N) is 1. The summed E-state index contributed by atoms with van der Waals surface area (Å²) in [5.41, 5.74) is 5.67. The van der Waals surface area contributed by atoms with Crippen LogP contribution in [0.25, 0.3) is 33.5 Å². The molecule has 0 aliphatic carbocycles. The largest absolute Gasteiger partial charge is 0.348 e. The Morgan fingerprint density at radius 2 is 1.36 bits per heavy atom. The Bertz CT molecular complexity index is 1630. The van der Waals surface area contributed by atoms with E-state index in [2.05, 4.69) is 26.7 Å². The van der Waals surface area contributed by atoms with Crippen molar-refractivity contribution in [3.8, 4) is 0 Å². The van der Waals surface area contributed by atoms with E-state index >= 15 is 0 Å². The Kier molecular flexibility index (Phi) is 5.74. The summed E-state index contributed by atoms with van der Waals surface area (Å²) in [4.78, 5) is 25.4. The van der Waals surface area contributed by atoms with Gasteiger partial charge in [0.05, 0.1) is 16.6 Å². The highest BCUT2D eigenvalue weighted by Gasteiger charge is 2.23. The van der Waals surface area contributed by atoms with Gasteiger partial charge in [-0.3, -0.25) is 9.59 Å². The third-order valence-corrected chi connectivity index (χ3v) is 7.03. The van der Waals surface area contributed by atoms with Gasteiger partial charge in [0.2, 0.25) is 0 Å². The van der Waals surface area contributed by atoms with Crippen LogP contribution in [0.5, 0.6) is 0 Å². The van der Waals surface area contributed by atoms with Crippen LogP contribution >= 0.6 is 0 Å². The third kappa shape index (κ3) is 3.93. The Morgan fingerprint density at radius 1 is 0.694 bits per heavy atom. The second-order valence-electron chi connectivity index (χ2n) is 9.26. The molecule has 1 amide bonds. The minimum absolute atomic E-state index is 0.0514. The first-order chi connectivity index (χ1) is 17.7. The van der Waals surface area contributed by atoms with Gasteiger partial charge in [-0.05, 0) is 67.8 Å². The minimum atomic E-state index is -0.0514. The average Bonchev–Trinajstić information content (AvgIpc) is 3.49. The van der Waals surface area contributed by atoms with E-state index in [9.17, 15) is 9.59 Å². The van der Waals surface area contributed by atoms with Crippen molar-refractivity contribution in [3.05, 3.63) is 113 Å². The van der Waals surface area contributed by atoms with Crippen LogP contribution in [0, 0.1) is 0 Å². The van der Waals surface area contributed by atoms with E-state index in [0.717, 1.165) is 71.1 Å². The second-order valence-corrected chi connectivity index (χ2v) is 9.26. The number of fused-ring (bicyclic) bond motifs is 3. The fourth-order valence-corrected chi connectivity index (χ4v) is 5.24. The topological polar surface area (TPSA) is 56.0 Å². The maximum atomic E-state index is 12.9. The molecule has 3 heterocycles. The summed E-state index contributed by atoms with van der Waals surface area (Å²) in [6, 6.07) is 27.7. The van der Waals surface area contributed by atoms with E-state index in [4.69, 9.17) is 0 Å². The highest BCUT2D eigenvalue weighted by atomic mass is 16.2. The number of aromatic nitrogens is 2. The zero-order valence-corrected chi connectivity index (χ0v) is 20.0. The van der Waals surface area contributed by atoms with Crippen molar-refractivity contribution in [1.29, 1.82) is 0 Å². The molecule has 178 valence electrons. The zero-order chi connectivity index (χ0) is 24.5. The van der Waals surface area contributed by atoms with Gasteiger partial charge in [0, 0.05) is 47.0 Å². The van der Waals surface area contributed by atoms with Crippen molar-refractivity contribution >= 4 is 45.0 Å². The summed E-state index contributed by atoms with van der Waals surface area (Å²) < 4.78 is 4.50. The maximum Gasteiger partial charge on any atom is 0.256 e. The summed E-state index contributed by atoms with van der Waals surface area (Å²) >= 11 is 0. The molecule has 0 saturated heterocycles. The SMILES string of the molecule is O=C1Nc2ccccc2/C1=C/c1cccn1CCCCCn1c2ccccc2c(=O)c2ccccc21. The van der Waals surface area contributed by atoms with E-state index < -0.39 is 0 Å². The van der Waals surface area contributed by atoms with Crippen molar-refractivity contribution in [2.45, 2.75) is 32.4 Å². The number of hydrogen-bond donors (Lipinski definition) is 1.